The van der Waals surface area contributed by atoms with Gasteiger partial charge in [0.25, 0.3) is 5.89 Å². The van der Waals surface area contributed by atoms with Gasteiger partial charge in [0.1, 0.15) is 11.2 Å². The highest BCUT2D eigenvalue weighted by Gasteiger charge is 2.37. The number of hydrogen-bond acceptors (Lipinski definition) is 10. The largest absolute Gasteiger partial charge is 0.465 e. The molecule has 0 radical (unpaired) electrons. The van der Waals surface area contributed by atoms with Gasteiger partial charge in [-0.25, -0.2) is 24.4 Å². The fourth-order valence-electron chi connectivity index (χ4n) is 3.95. The highest BCUT2D eigenvalue weighted by Crippen LogP contribution is 2.33. The number of carbonyl (C=O) groups is 3. The molecular weight excluding hydrogens is 624 g/mol. The molecule has 14 heteroatoms. The number of hydrogen-bond donors (Lipinski definition) is 1. The molecule has 43 heavy (non-hydrogen) atoms. The van der Waals surface area contributed by atoms with E-state index in [0.29, 0.717) is 27.9 Å². The van der Waals surface area contributed by atoms with Crippen LogP contribution in [0.4, 0.5) is 20.2 Å². The third-order valence-corrected chi connectivity index (χ3v) is 6.56. The van der Waals surface area contributed by atoms with Crippen LogP contribution in [0.2, 0.25) is 0 Å². The van der Waals surface area contributed by atoms with E-state index in [1.54, 1.807) is 47.6 Å². The van der Waals surface area contributed by atoms with Gasteiger partial charge in [0.05, 0.1) is 11.9 Å². The van der Waals surface area contributed by atoms with Crippen LogP contribution in [0.5, 0.6) is 0 Å². The van der Waals surface area contributed by atoms with E-state index in [-0.39, 0.29) is 36.4 Å². The predicted molar refractivity (Wildman–Crippen MR) is 161 cm³/mol. The highest BCUT2D eigenvalue weighted by molar-refractivity contribution is 9.08. The minimum atomic E-state index is -1.04. The molecule has 3 heterocycles. The highest BCUT2D eigenvalue weighted by atomic mass is 79.9. The summed E-state index contributed by atoms with van der Waals surface area (Å²) < 4.78 is 17.1. The Hall–Kier alpha value is -4.33. The molecule has 0 spiro atoms. The van der Waals surface area contributed by atoms with Crippen molar-refractivity contribution in [1.29, 1.82) is 0 Å². The summed E-state index contributed by atoms with van der Waals surface area (Å²) in [7, 11) is 0. The summed E-state index contributed by atoms with van der Waals surface area (Å²) in [4.78, 5) is 49.3. The Bertz CT molecular complexity index is 1510. The van der Waals surface area contributed by atoms with Crippen LogP contribution in [0.15, 0.2) is 41.0 Å². The lowest BCUT2D eigenvalue weighted by Crippen LogP contribution is -2.44. The van der Waals surface area contributed by atoms with Gasteiger partial charge < -0.3 is 23.9 Å². The molecule has 3 aromatic rings. The molecule has 4 rings (SSSR count). The number of ether oxygens (including phenoxy) is 2. The SMILES string of the molecule is CC(C)(C)OC(=O)N(C(=O)OC(C)(C)C)c1ncc(C2=CCN(C(=O)O)CC2)nc1-c1nnc(-c2ccc(CBr)cc2)o1. The lowest BCUT2D eigenvalue weighted by molar-refractivity contribution is 0.0429. The van der Waals surface area contributed by atoms with Gasteiger partial charge in [-0.3, -0.25) is 0 Å². The van der Waals surface area contributed by atoms with E-state index in [2.05, 4.69) is 31.1 Å². The Morgan fingerprint density at radius 1 is 1.00 bits per heavy atom. The molecular formula is C29H33BrN6O7. The molecule has 1 aromatic carbocycles. The van der Waals surface area contributed by atoms with Gasteiger partial charge in [0.15, 0.2) is 11.5 Å². The van der Waals surface area contributed by atoms with Crippen molar-refractivity contribution in [2.24, 2.45) is 0 Å². The van der Waals surface area contributed by atoms with E-state index in [9.17, 15) is 19.5 Å². The van der Waals surface area contributed by atoms with Crippen LogP contribution in [0, 0.1) is 0 Å². The molecule has 0 fully saturated rings. The van der Waals surface area contributed by atoms with Gasteiger partial charge in [-0.1, -0.05) is 34.1 Å². The summed E-state index contributed by atoms with van der Waals surface area (Å²) in [5.41, 5.74) is 0.847. The molecule has 0 aliphatic carbocycles. The maximum Gasteiger partial charge on any atom is 0.425 e. The summed E-state index contributed by atoms with van der Waals surface area (Å²) in [6.45, 7) is 10.4. The number of amides is 3. The lowest BCUT2D eigenvalue weighted by atomic mass is 10.1. The average Bonchev–Trinajstić information content (AvgIpc) is 3.42. The van der Waals surface area contributed by atoms with Crippen molar-refractivity contribution >= 4 is 45.6 Å². The number of imide groups is 1. The second kappa shape index (κ2) is 12.5. The maximum atomic E-state index is 13.4. The van der Waals surface area contributed by atoms with E-state index in [4.69, 9.17) is 18.9 Å². The molecule has 1 N–H and O–H groups in total. The monoisotopic (exact) mass is 656 g/mol. The van der Waals surface area contributed by atoms with Crippen molar-refractivity contribution in [2.45, 2.75) is 64.5 Å². The normalized spacial score (nSPS) is 13.7. The van der Waals surface area contributed by atoms with Crippen molar-refractivity contribution in [1.82, 2.24) is 25.1 Å². The molecule has 1 aliphatic rings. The van der Waals surface area contributed by atoms with Crippen LogP contribution in [0.1, 0.15) is 59.2 Å². The number of aromatic nitrogens is 4. The number of benzene rings is 1. The second-order valence-electron chi connectivity index (χ2n) is 11.7. The van der Waals surface area contributed by atoms with E-state index in [1.807, 2.05) is 24.3 Å². The van der Waals surface area contributed by atoms with Crippen molar-refractivity contribution in [3.8, 4) is 23.0 Å². The first-order valence-electron chi connectivity index (χ1n) is 13.4. The van der Waals surface area contributed by atoms with Crippen molar-refractivity contribution in [3.63, 3.8) is 0 Å². The Morgan fingerprint density at radius 3 is 2.12 bits per heavy atom. The van der Waals surface area contributed by atoms with Gasteiger partial charge in [0, 0.05) is 24.0 Å². The van der Waals surface area contributed by atoms with Crippen LogP contribution in [0.25, 0.3) is 28.6 Å². The number of halogens is 1. The van der Waals surface area contributed by atoms with Crippen LogP contribution < -0.4 is 4.90 Å². The van der Waals surface area contributed by atoms with Crippen molar-refractivity contribution < 1.29 is 33.4 Å². The zero-order valence-corrected chi connectivity index (χ0v) is 26.3. The number of carbonyl (C=O) groups excluding carboxylic acids is 2. The molecule has 0 saturated carbocycles. The van der Waals surface area contributed by atoms with Crippen LogP contribution in [-0.2, 0) is 14.8 Å². The topological polar surface area (TPSA) is 161 Å². The quantitative estimate of drug-likeness (QED) is 0.297. The summed E-state index contributed by atoms with van der Waals surface area (Å²) in [5.74, 6) is -0.158. The van der Waals surface area contributed by atoms with Crippen LogP contribution >= 0.6 is 15.9 Å². The molecule has 2 aromatic heterocycles. The standard InChI is InChI=1S/C29H33BrN6O7/c1-28(2,3)42-26(39)36(27(40)43-29(4,5)6)22-21(24-34-33-23(41-24)19-9-7-17(15-30)8-10-19)32-20(16-31-22)18-11-13-35(14-12-18)25(37)38/h7-11,16H,12-15H2,1-6H3,(H,37,38). The molecule has 13 nitrogen and oxygen atoms in total. The zero-order chi connectivity index (χ0) is 31.5. The zero-order valence-electron chi connectivity index (χ0n) is 24.8. The molecule has 228 valence electrons. The fraction of sp³-hybridized carbons (Fsp3) is 0.414. The number of nitrogens with zero attached hydrogens (tertiary/aromatic N) is 6. The fourth-order valence-corrected chi connectivity index (χ4v) is 4.33. The molecule has 3 amide bonds. The third kappa shape index (κ3) is 7.95. The molecule has 1 aliphatic heterocycles. The van der Waals surface area contributed by atoms with E-state index in [0.717, 1.165) is 11.1 Å². The van der Waals surface area contributed by atoms with E-state index >= 15 is 0 Å². The Labute approximate surface area is 257 Å². The number of carboxylic acid groups (broad SMARTS) is 1. The minimum absolute atomic E-state index is 0.0633. The number of anilines is 1. The summed E-state index contributed by atoms with van der Waals surface area (Å²) in [6.07, 6.45) is 0.393. The first-order chi connectivity index (χ1) is 20.1. The van der Waals surface area contributed by atoms with Gasteiger partial charge in [-0.15, -0.1) is 10.2 Å². The Morgan fingerprint density at radius 2 is 1.60 bits per heavy atom. The van der Waals surface area contributed by atoms with Crippen LogP contribution in [0.3, 0.4) is 0 Å². The van der Waals surface area contributed by atoms with E-state index in [1.165, 1.54) is 11.1 Å². The summed E-state index contributed by atoms with van der Waals surface area (Å²) >= 11 is 3.42. The smallest absolute Gasteiger partial charge is 0.425 e. The van der Waals surface area contributed by atoms with E-state index < -0.39 is 29.5 Å². The minimum Gasteiger partial charge on any atom is -0.465 e. The Balaban J connectivity index is 1.85. The maximum absolute atomic E-state index is 13.4. The number of rotatable bonds is 5. The molecule has 0 bridgehead atoms. The molecule has 0 saturated heterocycles. The number of alkyl halides is 1. The third-order valence-electron chi connectivity index (χ3n) is 5.91. The van der Waals surface area contributed by atoms with Crippen molar-refractivity contribution in [3.05, 3.63) is 47.8 Å². The van der Waals surface area contributed by atoms with Gasteiger partial charge in [0.2, 0.25) is 5.89 Å². The second-order valence-corrected chi connectivity index (χ2v) is 12.2. The summed E-state index contributed by atoms with van der Waals surface area (Å²) in [5, 5.41) is 18.3. The lowest BCUT2D eigenvalue weighted by Gasteiger charge is -2.28. The predicted octanol–water partition coefficient (Wildman–Crippen LogP) is 6.53. The Kier molecular flexibility index (Phi) is 9.18. The van der Waals surface area contributed by atoms with Gasteiger partial charge in [-0.2, -0.15) is 4.90 Å². The summed E-state index contributed by atoms with van der Waals surface area (Å²) in [6, 6.07) is 7.46. The first-order valence-corrected chi connectivity index (χ1v) is 14.6. The first kappa shape index (κ1) is 31.6. The van der Waals surface area contributed by atoms with Gasteiger partial charge >= 0.3 is 18.3 Å². The molecule has 0 unspecified atom stereocenters. The van der Waals surface area contributed by atoms with Crippen molar-refractivity contribution in [2.75, 3.05) is 18.0 Å². The van der Waals surface area contributed by atoms with Crippen LogP contribution in [-0.4, -0.2) is 72.7 Å². The van der Waals surface area contributed by atoms with Gasteiger partial charge in [-0.05, 0) is 71.2 Å². The average molecular weight is 658 g/mol. The molecule has 0 atom stereocenters.